The van der Waals surface area contributed by atoms with Crippen LogP contribution >= 0.6 is 0 Å². The minimum Gasteiger partial charge on any atom is -0.378 e. The van der Waals surface area contributed by atoms with Crippen molar-refractivity contribution < 1.29 is 9.53 Å². The molecule has 0 saturated carbocycles. The fraction of sp³-hybridized carbons (Fsp3) is 0.929. The summed E-state index contributed by atoms with van der Waals surface area (Å²) in [5.74, 6) is 0.928. The van der Waals surface area contributed by atoms with Crippen LogP contribution in [0.4, 0.5) is 0 Å². The van der Waals surface area contributed by atoms with E-state index in [-0.39, 0.29) is 5.91 Å². The Balaban J connectivity index is 1.80. The lowest BCUT2D eigenvalue weighted by Gasteiger charge is -2.39. The minimum atomic E-state index is 0.265. The van der Waals surface area contributed by atoms with Crippen LogP contribution in [0.25, 0.3) is 0 Å². The molecule has 19 heavy (non-hydrogen) atoms. The van der Waals surface area contributed by atoms with Crippen molar-refractivity contribution in [3.63, 3.8) is 0 Å². The lowest BCUT2D eigenvalue weighted by Crippen LogP contribution is -2.52. The Bertz CT molecular complexity index is 292. The van der Waals surface area contributed by atoms with E-state index in [9.17, 15) is 4.79 Å². The summed E-state index contributed by atoms with van der Waals surface area (Å²) < 4.78 is 5.29. The summed E-state index contributed by atoms with van der Waals surface area (Å²) in [5.41, 5.74) is 0. The third-order valence-electron chi connectivity index (χ3n) is 4.44. The fourth-order valence-corrected chi connectivity index (χ4v) is 3.15. The van der Waals surface area contributed by atoms with Gasteiger partial charge in [0.2, 0.25) is 5.91 Å². The minimum absolute atomic E-state index is 0.265. The topological polar surface area (TPSA) is 44.8 Å². The van der Waals surface area contributed by atoms with Crippen molar-refractivity contribution in [2.24, 2.45) is 5.92 Å². The van der Waals surface area contributed by atoms with Crippen LogP contribution in [0.3, 0.4) is 0 Å². The van der Waals surface area contributed by atoms with Gasteiger partial charge in [-0.1, -0.05) is 13.3 Å². The number of hydrogen-bond acceptors (Lipinski definition) is 4. The lowest BCUT2D eigenvalue weighted by atomic mass is 9.90. The van der Waals surface area contributed by atoms with Crippen LogP contribution in [0.5, 0.6) is 0 Å². The van der Waals surface area contributed by atoms with Crippen LogP contribution in [-0.4, -0.2) is 74.7 Å². The molecule has 2 heterocycles. The van der Waals surface area contributed by atoms with Crippen molar-refractivity contribution in [3.05, 3.63) is 0 Å². The molecule has 5 heteroatoms. The number of hydrogen-bond donors (Lipinski definition) is 1. The summed E-state index contributed by atoms with van der Waals surface area (Å²) in [4.78, 5) is 16.5. The van der Waals surface area contributed by atoms with E-state index in [4.69, 9.17) is 4.74 Å². The van der Waals surface area contributed by atoms with Crippen LogP contribution in [-0.2, 0) is 9.53 Å². The molecule has 0 bridgehead atoms. The molecule has 2 atom stereocenters. The molecular weight excluding hydrogens is 242 g/mol. The Morgan fingerprint density at radius 3 is 2.68 bits per heavy atom. The first kappa shape index (κ1) is 14.8. The summed E-state index contributed by atoms with van der Waals surface area (Å²) in [5, 5.41) is 3.40. The van der Waals surface area contributed by atoms with Crippen molar-refractivity contribution in [1.82, 2.24) is 15.1 Å². The number of piperidine rings is 1. The van der Waals surface area contributed by atoms with Gasteiger partial charge in [0.25, 0.3) is 0 Å². The molecule has 1 amide bonds. The van der Waals surface area contributed by atoms with Crippen LogP contribution in [0.1, 0.15) is 19.8 Å². The zero-order valence-electron chi connectivity index (χ0n) is 12.2. The third kappa shape index (κ3) is 3.91. The highest BCUT2D eigenvalue weighted by molar-refractivity contribution is 5.78. The van der Waals surface area contributed by atoms with E-state index in [1.807, 2.05) is 11.9 Å². The van der Waals surface area contributed by atoms with E-state index in [2.05, 4.69) is 17.1 Å². The Hall–Kier alpha value is -0.650. The van der Waals surface area contributed by atoms with Crippen LogP contribution in [0.15, 0.2) is 0 Å². The molecule has 0 radical (unpaired) electrons. The maximum absolute atomic E-state index is 12.2. The van der Waals surface area contributed by atoms with Gasteiger partial charge in [-0.25, -0.2) is 0 Å². The highest BCUT2D eigenvalue weighted by Gasteiger charge is 2.29. The van der Waals surface area contributed by atoms with Gasteiger partial charge in [-0.05, 0) is 19.4 Å². The van der Waals surface area contributed by atoms with Crippen molar-refractivity contribution in [2.75, 3.05) is 53.0 Å². The lowest BCUT2D eigenvalue weighted by molar-refractivity contribution is -0.137. The van der Waals surface area contributed by atoms with Crippen molar-refractivity contribution in [3.8, 4) is 0 Å². The first-order valence-corrected chi connectivity index (χ1v) is 7.49. The number of rotatable bonds is 4. The molecule has 2 aliphatic heterocycles. The van der Waals surface area contributed by atoms with E-state index < -0.39 is 0 Å². The molecule has 2 aliphatic rings. The molecule has 110 valence electrons. The number of carbonyl (C=O) groups is 1. The summed E-state index contributed by atoms with van der Waals surface area (Å²) >= 11 is 0. The number of morpholine rings is 1. The molecule has 2 unspecified atom stereocenters. The summed E-state index contributed by atoms with van der Waals surface area (Å²) in [6.07, 6.45) is 2.32. The van der Waals surface area contributed by atoms with Crippen molar-refractivity contribution in [2.45, 2.75) is 25.8 Å². The highest BCUT2D eigenvalue weighted by Crippen LogP contribution is 2.20. The van der Waals surface area contributed by atoms with Gasteiger partial charge < -0.3 is 15.0 Å². The first-order chi connectivity index (χ1) is 9.24. The molecule has 0 aliphatic carbocycles. The molecule has 2 rings (SSSR count). The third-order valence-corrected chi connectivity index (χ3v) is 4.44. The zero-order valence-corrected chi connectivity index (χ0v) is 12.2. The second-order valence-electron chi connectivity index (χ2n) is 5.58. The molecule has 5 nitrogen and oxygen atoms in total. The second kappa shape index (κ2) is 7.22. The molecule has 2 fully saturated rings. The Labute approximate surface area is 116 Å². The van der Waals surface area contributed by atoms with Gasteiger partial charge in [0.15, 0.2) is 0 Å². The molecule has 1 N–H and O–H groups in total. The van der Waals surface area contributed by atoms with Crippen LogP contribution in [0.2, 0.25) is 0 Å². The van der Waals surface area contributed by atoms with E-state index in [1.165, 1.54) is 6.42 Å². The molecule has 0 aromatic heterocycles. The van der Waals surface area contributed by atoms with E-state index >= 15 is 0 Å². The predicted octanol–water partition coefficient (Wildman–Crippen LogP) is 0.165. The first-order valence-electron chi connectivity index (χ1n) is 7.49. The van der Waals surface area contributed by atoms with Gasteiger partial charge >= 0.3 is 0 Å². The summed E-state index contributed by atoms with van der Waals surface area (Å²) in [7, 11) is 2.04. The molecular formula is C14H27N3O2. The number of likely N-dealkylation sites (tertiary alicyclic amines) is 1. The highest BCUT2D eigenvalue weighted by atomic mass is 16.5. The van der Waals surface area contributed by atoms with Crippen molar-refractivity contribution >= 4 is 5.91 Å². The van der Waals surface area contributed by atoms with Gasteiger partial charge in [0.05, 0.1) is 19.8 Å². The van der Waals surface area contributed by atoms with Gasteiger partial charge in [-0.3, -0.25) is 9.69 Å². The Kier molecular flexibility index (Phi) is 5.60. The van der Waals surface area contributed by atoms with Gasteiger partial charge in [-0.15, -0.1) is 0 Å². The number of nitrogens with zero attached hydrogens (tertiary/aromatic N) is 2. The normalized spacial score (nSPS) is 29.5. The molecule has 0 aromatic rings. The van der Waals surface area contributed by atoms with Crippen molar-refractivity contribution in [1.29, 1.82) is 0 Å². The molecule has 0 aromatic carbocycles. The SMILES string of the molecule is CCC1CN(CC(=O)N2CCOCC2)CCC1NC. The number of carbonyl (C=O) groups excluding carboxylic acids is 1. The number of ether oxygens (including phenoxy) is 1. The summed E-state index contributed by atoms with van der Waals surface area (Å²) in [6.45, 7) is 7.76. The van der Waals surface area contributed by atoms with Gasteiger partial charge in [0, 0.05) is 32.2 Å². The monoisotopic (exact) mass is 269 g/mol. The standard InChI is InChI=1S/C14H27N3O2/c1-3-12-10-16(5-4-13(12)15-2)11-14(18)17-6-8-19-9-7-17/h12-13,15H,3-11H2,1-2H3. The Morgan fingerprint density at radius 2 is 2.05 bits per heavy atom. The van der Waals surface area contributed by atoms with Crippen LogP contribution in [0, 0.1) is 5.92 Å². The average molecular weight is 269 g/mol. The second-order valence-corrected chi connectivity index (χ2v) is 5.58. The summed E-state index contributed by atoms with van der Waals surface area (Å²) in [6, 6.07) is 0.611. The molecule has 0 spiro atoms. The fourth-order valence-electron chi connectivity index (χ4n) is 3.15. The quantitative estimate of drug-likeness (QED) is 0.790. The maximum atomic E-state index is 12.2. The van der Waals surface area contributed by atoms with Gasteiger partial charge in [0.1, 0.15) is 0 Å². The van der Waals surface area contributed by atoms with E-state index in [0.29, 0.717) is 31.7 Å². The average Bonchev–Trinajstić information content (AvgIpc) is 2.48. The number of amides is 1. The smallest absolute Gasteiger partial charge is 0.236 e. The van der Waals surface area contributed by atoms with Gasteiger partial charge in [-0.2, -0.15) is 0 Å². The predicted molar refractivity (Wildman–Crippen MR) is 75.1 cm³/mol. The zero-order chi connectivity index (χ0) is 13.7. The molecule has 2 saturated heterocycles. The Morgan fingerprint density at radius 1 is 1.32 bits per heavy atom. The van der Waals surface area contributed by atoms with Crippen LogP contribution < -0.4 is 5.32 Å². The largest absolute Gasteiger partial charge is 0.378 e. The van der Waals surface area contributed by atoms with E-state index in [0.717, 1.165) is 32.6 Å². The van der Waals surface area contributed by atoms with E-state index in [1.54, 1.807) is 0 Å². The number of nitrogens with one attached hydrogen (secondary N) is 1. The maximum Gasteiger partial charge on any atom is 0.236 e.